The summed E-state index contributed by atoms with van der Waals surface area (Å²) in [6.45, 7) is 1.64. The van der Waals surface area contributed by atoms with Gasteiger partial charge in [-0.1, -0.05) is 0 Å². The van der Waals surface area contributed by atoms with Crippen molar-refractivity contribution < 1.29 is 9.90 Å². The van der Waals surface area contributed by atoms with E-state index in [4.69, 9.17) is 5.41 Å². The van der Waals surface area contributed by atoms with Crippen molar-refractivity contribution in [3.63, 3.8) is 0 Å². The van der Waals surface area contributed by atoms with Gasteiger partial charge in [0.1, 0.15) is 22.2 Å². The Morgan fingerprint density at radius 3 is 3.09 bits per heavy atom. The van der Waals surface area contributed by atoms with Crippen LogP contribution >= 0.6 is 11.5 Å². The molecule has 12 heteroatoms. The van der Waals surface area contributed by atoms with Crippen LogP contribution in [0, 0.1) is 5.41 Å². The largest absolute Gasteiger partial charge is 0.492 e. The van der Waals surface area contributed by atoms with Gasteiger partial charge in [-0.15, -0.1) is 0 Å². The lowest BCUT2D eigenvalue weighted by Gasteiger charge is -2.13. The molecule has 5 heterocycles. The zero-order valence-corrected chi connectivity index (χ0v) is 19.0. The van der Waals surface area contributed by atoms with E-state index in [1.165, 1.54) is 17.2 Å². The molecule has 1 aliphatic heterocycles. The number of rotatable bonds is 7. The van der Waals surface area contributed by atoms with Crippen LogP contribution in [0.3, 0.4) is 0 Å². The van der Waals surface area contributed by atoms with Crippen molar-refractivity contribution in [1.82, 2.24) is 34.5 Å². The van der Waals surface area contributed by atoms with E-state index in [-0.39, 0.29) is 23.1 Å². The highest BCUT2D eigenvalue weighted by atomic mass is 32.1. The van der Waals surface area contributed by atoms with E-state index in [0.29, 0.717) is 28.9 Å². The van der Waals surface area contributed by atoms with Gasteiger partial charge in [-0.05, 0) is 55.5 Å². The van der Waals surface area contributed by atoms with Gasteiger partial charge in [-0.25, -0.2) is 9.97 Å². The Balaban J connectivity index is 1.31. The van der Waals surface area contributed by atoms with Crippen molar-refractivity contribution in [3.8, 4) is 5.88 Å². The first-order valence-corrected chi connectivity index (χ1v) is 11.7. The third-order valence-electron chi connectivity index (χ3n) is 5.68. The first-order valence-electron chi connectivity index (χ1n) is 10.9. The standard InChI is InChI=1S/C22H23N9O2S/c23-18(26-9-4-14-2-1-7-25-14)17-20(32)30-34-21(17)29-16-5-10-27-19(28-16)22(33)31-11-6-13-3-8-24-12-15(13)31/h3,5-6,8,10-12,14,25H,1-2,4,7,9H2,(H2,23,26)(H,30,32)(H,27,28,29). The normalized spacial score (nSPS) is 15.5. The predicted molar refractivity (Wildman–Crippen MR) is 129 cm³/mol. The second-order valence-corrected chi connectivity index (χ2v) is 8.68. The van der Waals surface area contributed by atoms with Gasteiger partial charge < -0.3 is 21.1 Å². The summed E-state index contributed by atoms with van der Waals surface area (Å²) >= 11 is 1.01. The number of hydrogen-bond donors (Lipinski definition) is 5. The van der Waals surface area contributed by atoms with Crippen LogP contribution in [-0.2, 0) is 0 Å². The number of anilines is 2. The summed E-state index contributed by atoms with van der Waals surface area (Å²) < 4.78 is 5.42. The first kappa shape index (κ1) is 21.9. The molecule has 4 aromatic rings. The van der Waals surface area contributed by atoms with E-state index >= 15 is 0 Å². The van der Waals surface area contributed by atoms with Crippen molar-refractivity contribution in [2.75, 3.05) is 18.4 Å². The maximum Gasteiger partial charge on any atom is 0.300 e. The van der Waals surface area contributed by atoms with Crippen LogP contribution in [0.25, 0.3) is 10.9 Å². The Hall–Kier alpha value is -3.90. The molecule has 5 rings (SSSR count). The average Bonchev–Trinajstić information content (AvgIpc) is 3.59. The van der Waals surface area contributed by atoms with Crippen LogP contribution in [0.2, 0.25) is 0 Å². The molecule has 174 valence electrons. The highest BCUT2D eigenvalue weighted by Crippen LogP contribution is 2.31. The van der Waals surface area contributed by atoms with Crippen LogP contribution in [0.1, 0.15) is 35.4 Å². The maximum atomic E-state index is 13.0. The van der Waals surface area contributed by atoms with Crippen molar-refractivity contribution in [3.05, 3.63) is 54.4 Å². The molecule has 0 bridgehead atoms. The lowest BCUT2D eigenvalue weighted by molar-refractivity contribution is 0.0954. The fourth-order valence-corrected chi connectivity index (χ4v) is 4.67. The van der Waals surface area contributed by atoms with Gasteiger partial charge in [0.2, 0.25) is 11.7 Å². The fourth-order valence-electron chi connectivity index (χ4n) is 3.96. The monoisotopic (exact) mass is 477 g/mol. The van der Waals surface area contributed by atoms with Crippen LogP contribution in [0.5, 0.6) is 5.88 Å². The highest BCUT2D eigenvalue weighted by molar-refractivity contribution is 7.11. The van der Waals surface area contributed by atoms with E-state index in [1.807, 2.05) is 12.1 Å². The number of pyridine rings is 1. The Kier molecular flexibility index (Phi) is 6.14. The molecule has 1 unspecified atom stereocenters. The molecule has 0 aliphatic carbocycles. The minimum Gasteiger partial charge on any atom is -0.492 e. The Labute approximate surface area is 199 Å². The van der Waals surface area contributed by atoms with Gasteiger partial charge in [-0.2, -0.15) is 4.37 Å². The van der Waals surface area contributed by atoms with E-state index in [9.17, 15) is 9.90 Å². The summed E-state index contributed by atoms with van der Waals surface area (Å²) in [4.78, 5) is 25.6. The molecule has 0 amide bonds. The third kappa shape index (κ3) is 4.45. The average molecular weight is 478 g/mol. The molecule has 0 saturated carbocycles. The zero-order valence-electron chi connectivity index (χ0n) is 18.2. The molecule has 1 atom stereocenters. The van der Waals surface area contributed by atoms with Gasteiger partial charge in [0.05, 0.1) is 11.7 Å². The molecular formula is C22H23N9O2S. The van der Waals surface area contributed by atoms with E-state index in [0.717, 1.165) is 36.3 Å². The SMILES string of the molecule is N=C(NCCC1CCCN1)c1c(O)nsc1Nc1ccnc(C(=O)n2ccc3ccncc32)n1. The number of fused-ring (bicyclic) bond motifs is 1. The number of carbonyl (C=O) groups excluding carboxylic acids is 1. The Morgan fingerprint density at radius 2 is 2.24 bits per heavy atom. The molecule has 34 heavy (non-hydrogen) atoms. The number of hydrogen-bond acceptors (Lipinski definition) is 10. The second kappa shape index (κ2) is 9.53. The molecule has 0 aromatic carbocycles. The molecule has 11 nitrogen and oxygen atoms in total. The molecule has 4 aromatic heterocycles. The predicted octanol–water partition coefficient (Wildman–Crippen LogP) is 2.48. The zero-order chi connectivity index (χ0) is 23.5. The minimum atomic E-state index is -0.394. The minimum absolute atomic E-state index is 0.00101. The Bertz CT molecular complexity index is 1340. The van der Waals surface area contributed by atoms with Crippen LogP contribution in [0.15, 0.2) is 43.0 Å². The van der Waals surface area contributed by atoms with Crippen LogP contribution in [-0.4, -0.2) is 59.9 Å². The van der Waals surface area contributed by atoms with Crippen LogP contribution in [0.4, 0.5) is 10.8 Å². The van der Waals surface area contributed by atoms with Gasteiger partial charge in [0.25, 0.3) is 5.91 Å². The van der Waals surface area contributed by atoms with Crippen molar-refractivity contribution in [2.24, 2.45) is 0 Å². The second-order valence-electron chi connectivity index (χ2n) is 7.91. The number of aromatic nitrogens is 5. The van der Waals surface area contributed by atoms with Gasteiger partial charge >= 0.3 is 0 Å². The number of amidine groups is 1. The summed E-state index contributed by atoms with van der Waals surface area (Å²) in [7, 11) is 0. The Morgan fingerprint density at radius 1 is 1.32 bits per heavy atom. The van der Waals surface area contributed by atoms with Crippen molar-refractivity contribution >= 4 is 45.0 Å². The fraction of sp³-hybridized carbons (Fsp3) is 0.273. The molecule has 1 saturated heterocycles. The number of carbonyl (C=O) groups is 1. The van der Waals surface area contributed by atoms with Crippen molar-refractivity contribution in [2.45, 2.75) is 25.3 Å². The summed E-state index contributed by atoms with van der Waals surface area (Å²) in [6, 6.07) is 5.71. The third-order valence-corrected chi connectivity index (χ3v) is 6.44. The lowest BCUT2D eigenvalue weighted by Crippen LogP contribution is -2.30. The van der Waals surface area contributed by atoms with E-state index in [1.54, 1.807) is 24.7 Å². The van der Waals surface area contributed by atoms with E-state index in [2.05, 4.69) is 35.3 Å². The van der Waals surface area contributed by atoms with Gasteiger partial charge in [-0.3, -0.25) is 19.8 Å². The smallest absolute Gasteiger partial charge is 0.300 e. The molecule has 5 N–H and O–H groups in total. The summed E-state index contributed by atoms with van der Waals surface area (Å²) in [5, 5.41) is 29.5. The number of nitrogens with one attached hydrogen (secondary N) is 4. The molecule has 1 aliphatic rings. The van der Waals surface area contributed by atoms with Crippen molar-refractivity contribution in [1.29, 1.82) is 5.41 Å². The van der Waals surface area contributed by atoms with Gasteiger partial charge in [0, 0.05) is 36.6 Å². The van der Waals surface area contributed by atoms with E-state index < -0.39 is 5.91 Å². The topological polar surface area (TPSA) is 154 Å². The summed E-state index contributed by atoms with van der Waals surface area (Å²) in [5.41, 5.74) is 0.926. The number of aromatic hydroxyl groups is 1. The molecule has 1 fully saturated rings. The molecular weight excluding hydrogens is 454 g/mol. The molecule has 0 radical (unpaired) electrons. The lowest BCUT2D eigenvalue weighted by atomic mass is 10.1. The summed E-state index contributed by atoms with van der Waals surface area (Å²) in [6.07, 6.45) is 9.62. The summed E-state index contributed by atoms with van der Waals surface area (Å²) in [5.74, 6) is -0.210. The first-order chi connectivity index (χ1) is 16.6. The molecule has 0 spiro atoms. The van der Waals surface area contributed by atoms with Gasteiger partial charge in [0.15, 0.2) is 0 Å². The highest BCUT2D eigenvalue weighted by Gasteiger charge is 2.21. The number of nitrogens with zero attached hydrogens (tertiary/aromatic N) is 5. The quantitative estimate of drug-likeness (QED) is 0.199. The maximum absolute atomic E-state index is 13.0. The van der Waals surface area contributed by atoms with Crippen LogP contribution < -0.4 is 16.0 Å².